The lowest BCUT2D eigenvalue weighted by molar-refractivity contribution is 0.0474. The number of hydrogen-bond donors (Lipinski definition) is 0. The topological polar surface area (TPSA) is 108 Å². The van der Waals surface area contributed by atoms with Crippen molar-refractivity contribution in [3.05, 3.63) is 47.5 Å². The van der Waals surface area contributed by atoms with Crippen molar-refractivity contribution in [1.29, 1.82) is 0 Å². The molecule has 0 aliphatic carbocycles. The van der Waals surface area contributed by atoms with Gasteiger partial charge in [-0.1, -0.05) is 12.8 Å². The SMILES string of the molecule is COc1ccc(C(=O)COC(=O)c2ccc(OC)c(S(=O)(=O)N3CCCCCC3)c2)cc1OC. The zero-order valence-electron chi connectivity index (χ0n) is 19.5. The third-order valence-corrected chi connectivity index (χ3v) is 7.54. The maximum atomic E-state index is 13.3. The number of methoxy groups -OCH3 is 3. The quantitative estimate of drug-likeness (QED) is 0.388. The fourth-order valence-electron chi connectivity index (χ4n) is 3.73. The van der Waals surface area contributed by atoms with Crippen molar-refractivity contribution in [3.63, 3.8) is 0 Å². The molecule has 1 aliphatic heterocycles. The van der Waals surface area contributed by atoms with E-state index in [1.807, 2.05) is 0 Å². The number of esters is 1. The minimum absolute atomic E-state index is 0.00862. The zero-order valence-corrected chi connectivity index (χ0v) is 20.4. The molecule has 0 amide bonds. The van der Waals surface area contributed by atoms with Crippen LogP contribution in [0.2, 0.25) is 0 Å². The van der Waals surface area contributed by atoms with E-state index in [0.717, 1.165) is 25.7 Å². The fourth-order valence-corrected chi connectivity index (χ4v) is 5.43. The highest BCUT2D eigenvalue weighted by Gasteiger charge is 2.29. The van der Waals surface area contributed by atoms with Gasteiger partial charge in [-0.3, -0.25) is 4.79 Å². The summed E-state index contributed by atoms with van der Waals surface area (Å²) in [6.07, 6.45) is 3.51. The largest absolute Gasteiger partial charge is 0.495 e. The number of ether oxygens (including phenoxy) is 4. The molecule has 0 atom stereocenters. The number of Topliss-reactive ketones (excluding diaryl/α,β-unsaturated/α-hetero) is 1. The standard InChI is InChI=1S/C24H29NO8S/c1-30-20-10-8-17(14-22(20)32-3)19(26)16-33-24(27)18-9-11-21(31-2)23(15-18)34(28,29)25-12-6-4-5-7-13-25/h8-11,14-15H,4-7,12-13,16H2,1-3H3. The molecule has 0 unspecified atom stereocenters. The Morgan fingerprint density at radius 3 is 2.00 bits per heavy atom. The van der Waals surface area contributed by atoms with Crippen LogP contribution in [-0.4, -0.2) is 65.5 Å². The molecule has 0 spiro atoms. The first kappa shape index (κ1) is 25.5. The van der Waals surface area contributed by atoms with Crippen LogP contribution >= 0.6 is 0 Å². The van der Waals surface area contributed by atoms with Gasteiger partial charge in [-0.15, -0.1) is 0 Å². The molecular weight excluding hydrogens is 462 g/mol. The van der Waals surface area contributed by atoms with Crippen molar-refractivity contribution in [3.8, 4) is 17.2 Å². The highest BCUT2D eigenvalue weighted by Crippen LogP contribution is 2.30. The minimum Gasteiger partial charge on any atom is -0.495 e. The molecule has 34 heavy (non-hydrogen) atoms. The lowest BCUT2D eigenvalue weighted by atomic mass is 10.1. The van der Waals surface area contributed by atoms with Gasteiger partial charge < -0.3 is 18.9 Å². The first-order valence-electron chi connectivity index (χ1n) is 10.9. The monoisotopic (exact) mass is 491 g/mol. The third-order valence-electron chi connectivity index (χ3n) is 5.62. The molecule has 0 bridgehead atoms. The van der Waals surface area contributed by atoms with Gasteiger partial charge >= 0.3 is 5.97 Å². The van der Waals surface area contributed by atoms with Crippen LogP contribution in [0.1, 0.15) is 46.4 Å². The molecular formula is C24H29NO8S. The van der Waals surface area contributed by atoms with Crippen molar-refractivity contribution in [1.82, 2.24) is 4.31 Å². The van der Waals surface area contributed by atoms with Crippen LogP contribution in [0.15, 0.2) is 41.3 Å². The second-order valence-corrected chi connectivity index (χ2v) is 9.66. The molecule has 9 nitrogen and oxygen atoms in total. The Kier molecular flexibility index (Phi) is 8.51. The predicted octanol–water partition coefficient (Wildman–Crippen LogP) is 3.32. The molecule has 1 heterocycles. The van der Waals surface area contributed by atoms with Crippen molar-refractivity contribution in [2.45, 2.75) is 30.6 Å². The Morgan fingerprint density at radius 2 is 1.38 bits per heavy atom. The first-order valence-corrected chi connectivity index (χ1v) is 12.4. The van der Waals surface area contributed by atoms with E-state index < -0.39 is 28.4 Å². The summed E-state index contributed by atoms with van der Waals surface area (Å²) in [5.41, 5.74) is 0.291. The molecule has 184 valence electrons. The van der Waals surface area contributed by atoms with Crippen LogP contribution < -0.4 is 14.2 Å². The lowest BCUT2D eigenvalue weighted by Crippen LogP contribution is -2.32. The molecule has 0 N–H and O–H groups in total. The molecule has 1 fully saturated rings. The molecule has 3 rings (SSSR count). The van der Waals surface area contributed by atoms with E-state index in [4.69, 9.17) is 18.9 Å². The minimum atomic E-state index is -3.86. The molecule has 0 radical (unpaired) electrons. The van der Waals surface area contributed by atoms with Gasteiger partial charge in [0.1, 0.15) is 10.6 Å². The Balaban J connectivity index is 1.77. The molecule has 0 saturated carbocycles. The maximum Gasteiger partial charge on any atom is 0.338 e. The molecule has 10 heteroatoms. The third kappa shape index (κ3) is 5.68. The summed E-state index contributed by atoms with van der Waals surface area (Å²) in [5, 5.41) is 0. The summed E-state index contributed by atoms with van der Waals surface area (Å²) < 4.78 is 48.7. The molecule has 1 aliphatic rings. The van der Waals surface area contributed by atoms with E-state index in [-0.39, 0.29) is 21.8 Å². The van der Waals surface area contributed by atoms with E-state index in [1.54, 1.807) is 6.07 Å². The summed E-state index contributed by atoms with van der Waals surface area (Å²) in [6.45, 7) is 0.314. The Bertz CT molecular complexity index is 1140. The molecule has 2 aromatic rings. The van der Waals surface area contributed by atoms with Gasteiger partial charge in [0.25, 0.3) is 0 Å². The van der Waals surface area contributed by atoms with Gasteiger partial charge in [0.05, 0.1) is 26.9 Å². The van der Waals surface area contributed by atoms with Gasteiger partial charge in [0.2, 0.25) is 10.0 Å². The number of hydrogen-bond acceptors (Lipinski definition) is 8. The van der Waals surface area contributed by atoms with E-state index in [2.05, 4.69) is 0 Å². The molecule has 2 aromatic carbocycles. The van der Waals surface area contributed by atoms with E-state index in [9.17, 15) is 18.0 Å². The van der Waals surface area contributed by atoms with Crippen molar-refractivity contribution >= 4 is 21.8 Å². The van der Waals surface area contributed by atoms with Gasteiger partial charge in [0.15, 0.2) is 23.9 Å². The van der Waals surface area contributed by atoms with Crippen LogP contribution in [0.5, 0.6) is 17.2 Å². The number of benzene rings is 2. The van der Waals surface area contributed by atoms with E-state index in [0.29, 0.717) is 24.6 Å². The van der Waals surface area contributed by atoms with Crippen LogP contribution in [-0.2, 0) is 14.8 Å². The number of sulfonamides is 1. The number of carbonyl (C=O) groups is 2. The Labute approximate surface area is 199 Å². The Hall–Kier alpha value is -3.11. The van der Waals surface area contributed by atoms with Crippen molar-refractivity contribution in [2.24, 2.45) is 0 Å². The Morgan fingerprint density at radius 1 is 0.794 bits per heavy atom. The van der Waals surface area contributed by atoms with Crippen molar-refractivity contribution in [2.75, 3.05) is 41.0 Å². The predicted molar refractivity (Wildman–Crippen MR) is 124 cm³/mol. The normalized spacial score (nSPS) is 14.7. The number of ketones is 1. The van der Waals surface area contributed by atoms with Crippen LogP contribution in [0.25, 0.3) is 0 Å². The second kappa shape index (κ2) is 11.3. The van der Waals surface area contributed by atoms with E-state index >= 15 is 0 Å². The van der Waals surface area contributed by atoms with Crippen LogP contribution in [0.4, 0.5) is 0 Å². The lowest BCUT2D eigenvalue weighted by Gasteiger charge is -2.21. The highest BCUT2D eigenvalue weighted by atomic mass is 32.2. The van der Waals surface area contributed by atoms with Gasteiger partial charge in [-0.25, -0.2) is 13.2 Å². The molecule has 0 aromatic heterocycles. The summed E-state index contributed by atoms with van der Waals surface area (Å²) in [6, 6.07) is 8.67. The van der Waals surface area contributed by atoms with Crippen LogP contribution in [0, 0.1) is 0 Å². The first-order chi connectivity index (χ1) is 16.3. The number of carbonyl (C=O) groups excluding carboxylic acids is 2. The maximum absolute atomic E-state index is 13.3. The van der Waals surface area contributed by atoms with Crippen LogP contribution in [0.3, 0.4) is 0 Å². The average molecular weight is 492 g/mol. The summed E-state index contributed by atoms with van der Waals surface area (Å²) in [4.78, 5) is 25.1. The van der Waals surface area contributed by atoms with Gasteiger partial charge in [-0.05, 0) is 49.2 Å². The van der Waals surface area contributed by atoms with Crippen molar-refractivity contribution < 1.29 is 37.0 Å². The van der Waals surface area contributed by atoms with Gasteiger partial charge in [0, 0.05) is 18.7 Å². The van der Waals surface area contributed by atoms with Gasteiger partial charge in [-0.2, -0.15) is 4.31 Å². The zero-order chi connectivity index (χ0) is 24.7. The highest BCUT2D eigenvalue weighted by molar-refractivity contribution is 7.89. The summed E-state index contributed by atoms with van der Waals surface area (Å²) >= 11 is 0. The number of nitrogens with zero attached hydrogens (tertiary/aromatic N) is 1. The molecule has 1 saturated heterocycles. The van der Waals surface area contributed by atoms with E-state index in [1.165, 1.54) is 56.0 Å². The smallest absolute Gasteiger partial charge is 0.338 e. The summed E-state index contributed by atoms with van der Waals surface area (Å²) in [7, 11) is 0.442. The summed E-state index contributed by atoms with van der Waals surface area (Å²) in [5.74, 6) is -0.281. The fraction of sp³-hybridized carbons (Fsp3) is 0.417. The average Bonchev–Trinajstić information content (AvgIpc) is 3.16. The number of rotatable bonds is 9. The second-order valence-electron chi connectivity index (χ2n) is 7.75.